The molecule has 0 fully saturated rings. The maximum atomic E-state index is 8.77. The molecule has 0 bridgehead atoms. The smallest absolute Gasteiger partial charge is 0.154 e. The number of aliphatic hydroxyl groups is 1. The number of rotatable bonds is 9. The summed E-state index contributed by atoms with van der Waals surface area (Å²) < 4.78 is 1.86. The van der Waals surface area contributed by atoms with Gasteiger partial charge in [-0.25, -0.2) is 9.50 Å². The van der Waals surface area contributed by atoms with Crippen LogP contribution in [0.15, 0.2) is 24.4 Å². The second-order valence-electron chi connectivity index (χ2n) is 5.07. The lowest BCUT2D eigenvalue weighted by molar-refractivity contribution is 0.286. The van der Waals surface area contributed by atoms with Crippen LogP contribution in [0, 0.1) is 0 Å². The number of allylic oxidation sites excluding steroid dienone is 1. The number of aromatic nitrogens is 3. The van der Waals surface area contributed by atoms with Crippen molar-refractivity contribution in [3.8, 4) is 0 Å². The molecule has 0 unspecified atom stereocenters. The summed E-state index contributed by atoms with van der Waals surface area (Å²) in [6, 6.07) is 3.90. The average molecular weight is 288 g/mol. The first kappa shape index (κ1) is 15.5. The van der Waals surface area contributed by atoms with Crippen LogP contribution in [0.1, 0.15) is 44.7 Å². The molecule has 2 N–H and O–H groups in total. The van der Waals surface area contributed by atoms with Crippen molar-refractivity contribution < 1.29 is 5.11 Å². The van der Waals surface area contributed by atoms with Crippen molar-refractivity contribution in [2.45, 2.75) is 39.0 Å². The van der Waals surface area contributed by atoms with Gasteiger partial charge in [0, 0.05) is 13.2 Å². The molecule has 2 aromatic heterocycles. The van der Waals surface area contributed by atoms with Crippen LogP contribution in [-0.4, -0.2) is 32.9 Å². The number of aliphatic hydroxyl groups excluding tert-OH is 1. The van der Waals surface area contributed by atoms with Crippen LogP contribution in [0.25, 0.3) is 11.7 Å². The summed E-state index contributed by atoms with van der Waals surface area (Å²) in [5.74, 6) is 0.835. The number of hydrogen-bond donors (Lipinski definition) is 2. The van der Waals surface area contributed by atoms with E-state index in [9.17, 15) is 0 Å². The van der Waals surface area contributed by atoms with Crippen molar-refractivity contribution in [2.75, 3.05) is 18.5 Å². The topological polar surface area (TPSA) is 62.5 Å². The van der Waals surface area contributed by atoms with Gasteiger partial charge in [-0.2, -0.15) is 0 Å². The molecule has 2 heterocycles. The fraction of sp³-hybridized carbons (Fsp3) is 0.500. The molecule has 0 saturated heterocycles. The summed E-state index contributed by atoms with van der Waals surface area (Å²) in [5, 5.41) is 16.6. The van der Waals surface area contributed by atoms with E-state index in [4.69, 9.17) is 5.11 Å². The van der Waals surface area contributed by atoms with Gasteiger partial charge in [0.2, 0.25) is 0 Å². The molecule has 0 saturated carbocycles. The normalized spacial score (nSPS) is 11.5. The summed E-state index contributed by atoms with van der Waals surface area (Å²) in [7, 11) is 0. The number of anilines is 1. The molecule has 0 amide bonds. The standard InChI is InChI=1S/C16H24N4O/c1-2-3-4-5-8-14-13-18-16-10-9-15(19-20(14)16)17-11-6-7-12-21/h5,8-10,13,21H,2-4,6-7,11-12H2,1H3,(H,17,19). The fourth-order valence-corrected chi connectivity index (χ4v) is 2.08. The third-order valence-electron chi connectivity index (χ3n) is 3.29. The average Bonchev–Trinajstić information content (AvgIpc) is 2.91. The Bertz CT molecular complexity index is 577. The van der Waals surface area contributed by atoms with Gasteiger partial charge in [-0.05, 0) is 37.5 Å². The highest BCUT2D eigenvalue weighted by Crippen LogP contribution is 2.11. The largest absolute Gasteiger partial charge is 0.396 e. The summed E-state index contributed by atoms with van der Waals surface area (Å²) >= 11 is 0. The molecule has 0 aliphatic carbocycles. The molecule has 5 nitrogen and oxygen atoms in total. The van der Waals surface area contributed by atoms with Crippen LogP contribution in [0.4, 0.5) is 5.82 Å². The van der Waals surface area contributed by atoms with Gasteiger partial charge >= 0.3 is 0 Å². The maximum absolute atomic E-state index is 8.77. The monoisotopic (exact) mass is 288 g/mol. The third-order valence-corrected chi connectivity index (χ3v) is 3.29. The van der Waals surface area contributed by atoms with Crippen LogP contribution in [0.2, 0.25) is 0 Å². The van der Waals surface area contributed by atoms with Gasteiger partial charge in [0.05, 0.1) is 11.9 Å². The predicted molar refractivity (Wildman–Crippen MR) is 86.4 cm³/mol. The highest BCUT2D eigenvalue weighted by atomic mass is 16.2. The van der Waals surface area contributed by atoms with Crippen molar-refractivity contribution in [3.05, 3.63) is 30.1 Å². The lowest BCUT2D eigenvalue weighted by Gasteiger charge is -2.05. The van der Waals surface area contributed by atoms with Gasteiger partial charge < -0.3 is 10.4 Å². The number of nitrogens with one attached hydrogen (secondary N) is 1. The minimum Gasteiger partial charge on any atom is -0.396 e. The molecule has 2 rings (SSSR count). The second kappa shape index (κ2) is 8.42. The van der Waals surface area contributed by atoms with Crippen molar-refractivity contribution in [2.24, 2.45) is 0 Å². The van der Waals surface area contributed by atoms with E-state index in [1.54, 1.807) is 0 Å². The van der Waals surface area contributed by atoms with Crippen LogP contribution in [-0.2, 0) is 0 Å². The molecule has 0 radical (unpaired) electrons. The quantitative estimate of drug-likeness (QED) is 0.696. The van der Waals surface area contributed by atoms with E-state index in [-0.39, 0.29) is 6.61 Å². The van der Waals surface area contributed by atoms with Crippen molar-refractivity contribution in [1.29, 1.82) is 0 Å². The molecular weight excluding hydrogens is 264 g/mol. The Balaban J connectivity index is 2.04. The molecule has 0 spiro atoms. The molecule has 2 aromatic rings. The zero-order valence-corrected chi connectivity index (χ0v) is 12.6. The van der Waals surface area contributed by atoms with Gasteiger partial charge in [-0.1, -0.05) is 25.8 Å². The lowest BCUT2D eigenvalue weighted by Crippen LogP contribution is -2.06. The number of imidazole rings is 1. The summed E-state index contributed by atoms with van der Waals surface area (Å²) in [6.45, 7) is 3.25. The summed E-state index contributed by atoms with van der Waals surface area (Å²) in [5.41, 5.74) is 1.85. The molecule has 0 atom stereocenters. The lowest BCUT2D eigenvalue weighted by atomic mass is 10.2. The van der Waals surface area contributed by atoms with Crippen molar-refractivity contribution in [1.82, 2.24) is 14.6 Å². The fourth-order valence-electron chi connectivity index (χ4n) is 2.08. The summed E-state index contributed by atoms with van der Waals surface area (Å²) in [6.07, 6.45) is 11.4. The van der Waals surface area contributed by atoms with E-state index < -0.39 is 0 Å². The molecule has 0 aromatic carbocycles. The van der Waals surface area contributed by atoms with Crippen LogP contribution in [0.3, 0.4) is 0 Å². The minimum absolute atomic E-state index is 0.238. The Morgan fingerprint density at radius 1 is 1.29 bits per heavy atom. The van der Waals surface area contributed by atoms with E-state index >= 15 is 0 Å². The number of fused-ring (bicyclic) bond motifs is 1. The first-order chi connectivity index (χ1) is 10.3. The molecule has 0 aliphatic rings. The first-order valence-electron chi connectivity index (χ1n) is 7.71. The number of unbranched alkanes of at least 4 members (excludes halogenated alkanes) is 3. The van der Waals surface area contributed by atoms with Gasteiger partial charge in [-0.15, -0.1) is 5.10 Å². The van der Waals surface area contributed by atoms with E-state index in [0.29, 0.717) is 0 Å². The van der Waals surface area contributed by atoms with Gasteiger partial charge in [0.25, 0.3) is 0 Å². The molecular formula is C16H24N4O. The van der Waals surface area contributed by atoms with Gasteiger partial charge in [-0.3, -0.25) is 0 Å². The van der Waals surface area contributed by atoms with Gasteiger partial charge in [0.1, 0.15) is 5.82 Å². The Morgan fingerprint density at radius 3 is 3.00 bits per heavy atom. The Kier molecular flexibility index (Phi) is 6.22. The maximum Gasteiger partial charge on any atom is 0.154 e. The summed E-state index contributed by atoms with van der Waals surface area (Å²) in [4.78, 5) is 4.36. The minimum atomic E-state index is 0.238. The second-order valence-corrected chi connectivity index (χ2v) is 5.07. The molecule has 0 aliphatic heterocycles. The third kappa shape index (κ3) is 4.56. The number of nitrogens with zero attached hydrogens (tertiary/aromatic N) is 3. The predicted octanol–water partition coefficient (Wildman–Crippen LogP) is 3.12. The van der Waals surface area contributed by atoms with Crippen LogP contribution >= 0.6 is 0 Å². The molecule has 114 valence electrons. The van der Waals surface area contributed by atoms with E-state index in [0.717, 1.165) is 43.0 Å². The molecule has 21 heavy (non-hydrogen) atoms. The Hall–Kier alpha value is -1.88. The van der Waals surface area contributed by atoms with Crippen LogP contribution in [0.5, 0.6) is 0 Å². The zero-order valence-electron chi connectivity index (χ0n) is 12.6. The Labute approximate surface area is 125 Å². The first-order valence-corrected chi connectivity index (χ1v) is 7.71. The van der Waals surface area contributed by atoms with E-state index in [2.05, 4.69) is 34.5 Å². The highest BCUT2D eigenvalue weighted by molar-refractivity contribution is 5.53. The zero-order chi connectivity index (χ0) is 14.9. The van der Waals surface area contributed by atoms with Crippen molar-refractivity contribution in [3.63, 3.8) is 0 Å². The molecule has 5 heteroatoms. The SMILES string of the molecule is CCCCC=Cc1cnc2ccc(NCCCCO)nn12. The van der Waals surface area contributed by atoms with E-state index in [1.807, 2.05) is 22.8 Å². The highest BCUT2D eigenvalue weighted by Gasteiger charge is 2.03. The Morgan fingerprint density at radius 2 is 2.19 bits per heavy atom. The van der Waals surface area contributed by atoms with Crippen LogP contribution < -0.4 is 5.32 Å². The number of hydrogen-bond acceptors (Lipinski definition) is 4. The van der Waals surface area contributed by atoms with E-state index in [1.165, 1.54) is 12.8 Å². The van der Waals surface area contributed by atoms with Gasteiger partial charge in [0.15, 0.2) is 5.65 Å². The van der Waals surface area contributed by atoms with Crippen molar-refractivity contribution >= 4 is 17.5 Å².